The Hall–Kier alpha value is -2.17. The summed E-state index contributed by atoms with van der Waals surface area (Å²) in [5.41, 5.74) is 3.49. The fraction of sp³-hybridized carbons (Fsp3) is 0.316. The predicted molar refractivity (Wildman–Crippen MR) is 91.2 cm³/mol. The predicted octanol–water partition coefficient (Wildman–Crippen LogP) is 2.70. The SMILES string of the molecule is OCC1(c2ccccc2)CCN(Cc2cccc3cn[nH]c23)C1. The highest BCUT2D eigenvalue weighted by atomic mass is 16.3. The number of hydrogen-bond acceptors (Lipinski definition) is 3. The first kappa shape index (κ1) is 14.4. The molecule has 2 N–H and O–H groups in total. The van der Waals surface area contributed by atoms with E-state index in [2.05, 4.69) is 57.6 Å². The van der Waals surface area contributed by atoms with E-state index in [-0.39, 0.29) is 12.0 Å². The summed E-state index contributed by atoms with van der Waals surface area (Å²) in [5.74, 6) is 0. The van der Waals surface area contributed by atoms with Crippen LogP contribution in [0.4, 0.5) is 0 Å². The van der Waals surface area contributed by atoms with E-state index < -0.39 is 0 Å². The zero-order valence-corrected chi connectivity index (χ0v) is 13.1. The largest absolute Gasteiger partial charge is 0.395 e. The van der Waals surface area contributed by atoms with Crippen molar-refractivity contribution in [3.8, 4) is 0 Å². The van der Waals surface area contributed by atoms with Gasteiger partial charge in [-0.1, -0.05) is 48.5 Å². The normalized spacial score (nSPS) is 22.0. The number of aliphatic hydroxyl groups is 1. The van der Waals surface area contributed by atoms with Gasteiger partial charge in [-0.25, -0.2) is 0 Å². The van der Waals surface area contributed by atoms with Crippen molar-refractivity contribution in [1.82, 2.24) is 15.1 Å². The van der Waals surface area contributed by atoms with Crippen molar-refractivity contribution in [3.05, 3.63) is 65.9 Å². The number of benzene rings is 2. The molecule has 0 saturated carbocycles. The zero-order valence-electron chi connectivity index (χ0n) is 13.1. The van der Waals surface area contributed by atoms with E-state index in [1.165, 1.54) is 11.1 Å². The maximum Gasteiger partial charge on any atom is 0.0695 e. The van der Waals surface area contributed by atoms with Crippen molar-refractivity contribution in [1.29, 1.82) is 0 Å². The highest BCUT2D eigenvalue weighted by Crippen LogP contribution is 2.35. The Morgan fingerprint density at radius 2 is 2.00 bits per heavy atom. The second-order valence-corrected chi connectivity index (χ2v) is 6.52. The summed E-state index contributed by atoms with van der Waals surface area (Å²) < 4.78 is 0. The summed E-state index contributed by atoms with van der Waals surface area (Å²) in [6.45, 7) is 2.97. The minimum Gasteiger partial charge on any atom is -0.395 e. The average Bonchev–Trinajstić information content (AvgIpc) is 3.24. The van der Waals surface area contributed by atoms with Crippen molar-refractivity contribution in [3.63, 3.8) is 0 Å². The van der Waals surface area contributed by atoms with E-state index in [0.29, 0.717) is 0 Å². The minimum absolute atomic E-state index is 0.136. The van der Waals surface area contributed by atoms with Gasteiger partial charge in [-0.15, -0.1) is 0 Å². The lowest BCUT2D eigenvalue weighted by molar-refractivity contribution is 0.188. The van der Waals surface area contributed by atoms with Crippen LogP contribution in [0.25, 0.3) is 10.9 Å². The van der Waals surface area contributed by atoms with Crippen LogP contribution in [0, 0.1) is 0 Å². The van der Waals surface area contributed by atoms with E-state index in [1.54, 1.807) is 0 Å². The number of aliphatic hydroxyl groups excluding tert-OH is 1. The number of likely N-dealkylation sites (tertiary alicyclic amines) is 1. The molecule has 2 heterocycles. The Morgan fingerprint density at radius 1 is 1.13 bits per heavy atom. The summed E-state index contributed by atoms with van der Waals surface area (Å²) in [6.07, 6.45) is 2.86. The number of H-pyrrole nitrogens is 1. The lowest BCUT2D eigenvalue weighted by Crippen LogP contribution is -2.34. The van der Waals surface area contributed by atoms with E-state index >= 15 is 0 Å². The second kappa shape index (κ2) is 5.80. The van der Waals surface area contributed by atoms with Crippen LogP contribution in [0.2, 0.25) is 0 Å². The van der Waals surface area contributed by atoms with Gasteiger partial charge in [0.1, 0.15) is 0 Å². The first-order chi connectivity index (χ1) is 11.3. The standard InChI is InChI=1S/C19H21N3O/c23-14-19(17-7-2-1-3-8-17)9-10-22(13-19)12-16-6-4-5-15-11-20-21-18(15)16/h1-8,11,23H,9-10,12-14H2,(H,20,21). The van der Waals surface area contributed by atoms with Gasteiger partial charge in [0.25, 0.3) is 0 Å². The van der Waals surface area contributed by atoms with Crippen molar-refractivity contribution in [2.45, 2.75) is 18.4 Å². The van der Waals surface area contributed by atoms with Gasteiger partial charge < -0.3 is 5.11 Å². The second-order valence-electron chi connectivity index (χ2n) is 6.52. The number of nitrogens with one attached hydrogen (secondary N) is 1. The third-order valence-electron chi connectivity index (χ3n) is 5.08. The highest BCUT2D eigenvalue weighted by molar-refractivity contribution is 5.81. The molecular formula is C19H21N3O. The lowest BCUT2D eigenvalue weighted by Gasteiger charge is -2.28. The molecule has 4 nitrogen and oxygen atoms in total. The van der Waals surface area contributed by atoms with Crippen molar-refractivity contribution < 1.29 is 5.11 Å². The molecule has 1 atom stereocenters. The van der Waals surface area contributed by atoms with Gasteiger partial charge in [-0.05, 0) is 24.1 Å². The van der Waals surface area contributed by atoms with Gasteiger partial charge >= 0.3 is 0 Å². The van der Waals surface area contributed by atoms with Crippen LogP contribution in [0.5, 0.6) is 0 Å². The average molecular weight is 307 g/mol. The fourth-order valence-electron chi connectivity index (χ4n) is 3.74. The maximum atomic E-state index is 10.0. The molecule has 0 bridgehead atoms. The fourth-order valence-corrected chi connectivity index (χ4v) is 3.74. The number of aromatic amines is 1. The van der Waals surface area contributed by atoms with E-state index in [4.69, 9.17) is 0 Å². The molecule has 118 valence electrons. The summed E-state index contributed by atoms with van der Waals surface area (Å²) >= 11 is 0. The molecule has 1 saturated heterocycles. The minimum atomic E-state index is -0.136. The molecule has 1 aliphatic heterocycles. The van der Waals surface area contributed by atoms with Crippen LogP contribution in [0.3, 0.4) is 0 Å². The molecule has 0 spiro atoms. The van der Waals surface area contributed by atoms with Gasteiger partial charge in [-0.2, -0.15) is 5.10 Å². The van der Waals surface area contributed by atoms with Gasteiger partial charge in [0.15, 0.2) is 0 Å². The Morgan fingerprint density at radius 3 is 2.83 bits per heavy atom. The molecule has 1 fully saturated rings. The maximum absolute atomic E-state index is 10.0. The van der Waals surface area contributed by atoms with Gasteiger partial charge in [0.2, 0.25) is 0 Å². The van der Waals surface area contributed by atoms with E-state index in [9.17, 15) is 5.11 Å². The lowest BCUT2D eigenvalue weighted by atomic mass is 9.80. The topological polar surface area (TPSA) is 52.1 Å². The van der Waals surface area contributed by atoms with Gasteiger partial charge in [0.05, 0.1) is 18.3 Å². The molecule has 0 amide bonds. The van der Waals surface area contributed by atoms with Crippen LogP contribution in [-0.4, -0.2) is 39.9 Å². The first-order valence-corrected chi connectivity index (χ1v) is 8.10. The number of nitrogens with zero attached hydrogens (tertiary/aromatic N) is 2. The number of para-hydroxylation sites is 1. The monoisotopic (exact) mass is 307 g/mol. The number of hydrogen-bond donors (Lipinski definition) is 2. The Bertz CT molecular complexity index is 798. The smallest absolute Gasteiger partial charge is 0.0695 e. The summed E-state index contributed by atoms with van der Waals surface area (Å²) in [6, 6.07) is 16.7. The first-order valence-electron chi connectivity index (χ1n) is 8.10. The Kier molecular flexibility index (Phi) is 3.63. The molecule has 1 aromatic heterocycles. The van der Waals surface area contributed by atoms with Gasteiger partial charge in [-0.3, -0.25) is 10.00 Å². The van der Waals surface area contributed by atoms with Crippen molar-refractivity contribution >= 4 is 10.9 Å². The summed E-state index contributed by atoms with van der Waals surface area (Å²) in [7, 11) is 0. The molecular weight excluding hydrogens is 286 g/mol. The van der Waals surface area contributed by atoms with Crippen LogP contribution in [0.15, 0.2) is 54.7 Å². The molecule has 0 radical (unpaired) electrons. The van der Waals surface area contributed by atoms with Crippen molar-refractivity contribution in [2.75, 3.05) is 19.7 Å². The number of rotatable bonds is 4. The molecule has 23 heavy (non-hydrogen) atoms. The number of fused-ring (bicyclic) bond motifs is 1. The molecule has 2 aromatic carbocycles. The quantitative estimate of drug-likeness (QED) is 0.779. The molecule has 3 aromatic rings. The molecule has 4 heteroatoms. The van der Waals surface area contributed by atoms with E-state index in [1.807, 2.05) is 12.3 Å². The Labute approximate surface area is 135 Å². The van der Waals surface area contributed by atoms with Gasteiger partial charge in [0, 0.05) is 23.9 Å². The third kappa shape index (κ3) is 2.54. The van der Waals surface area contributed by atoms with E-state index in [0.717, 1.165) is 37.0 Å². The molecule has 4 rings (SSSR count). The molecule has 0 aliphatic carbocycles. The van der Waals surface area contributed by atoms with Crippen LogP contribution >= 0.6 is 0 Å². The highest BCUT2D eigenvalue weighted by Gasteiger charge is 2.39. The Balaban J connectivity index is 1.57. The number of aromatic nitrogens is 2. The van der Waals surface area contributed by atoms with Crippen LogP contribution in [-0.2, 0) is 12.0 Å². The van der Waals surface area contributed by atoms with Crippen LogP contribution in [0.1, 0.15) is 17.5 Å². The summed E-state index contributed by atoms with van der Waals surface area (Å²) in [5, 5.41) is 18.4. The third-order valence-corrected chi connectivity index (χ3v) is 5.08. The summed E-state index contributed by atoms with van der Waals surface area (Å²) in [4.78, 5) is 2.43. The van der Waals surface area contributed by atoms with Crippen LogP contribution < -0.4 is 0 Å². The zero-order chi connectivity index (χ0) is 15.7. The molecule has 1 unspecified atom stereocenters. The molecule has 1 aliphatic rings. The van der Waals surface area contributed by atoms with Crippen molar-refractivity contribution in [2.24, 2.45) is 0 Å².